The minimum absolute atomic E-state index is 0.00725. The zero-order valence-electron chi connectivity index (χ0n) is 54.5. The number of aromatic amines is 1. The van der Waals surface area contributed by atoms with E-state index in [1.165, 1.54) is 17.4 Å². The maximum atomic E-state index is 14.6. The zero-order valence-corrected chi connectivity index (χ0v) is 54.5. The monoisotopic (exact) mass is 1370 g/mol. The number of nitrogens with one attached hydrogen (secondary N) is 9. The van der Waals surface area contributed by atoms with Gasteiger partial charge in [0.2, 0.25) is 70.9 Å². The fourth-order valence-corrected chi connectivity index (χ4v) is 10.3. The maximum absolute atomic E-state index is 14.6. The van der Waals surface area contributed by atoms with Crippen molar-refractivity contribution in [3.05, 3.63) is 18.2 Å². The van der Waals surface area contributed by atoms with Gasteiger partial charge in [-0.1, -0.05) is 13.8 Å². The number of carbonyl (C=O) groups excluding carboxylic acids is 12. The minimum atomic E-state index is -1.76. The fourth-order valence-electron chi connectivity index (χ4n) is 10.3. The highest BCUT2D eigenvalue weighted by Gasteiger charge is 2.42. The van der Waals surface area contributed by atoms with Crippen LogP contribution in [0.25, 0.3) is 0 Å². The SMILES string of the molecule is CC(C)[C@H](N)C(=O)N[C@@H](CCCN=C(N)N)C(=O)NCC(=O)N1CCC[C@H]1C(=O)N[C@@H](CCCN=C(N)N)C(=O)N[C@@H](CCCN=C(N)N)C(=O)N[C@@H](CCC(N)=O)C(=O)N[C@@H](Cc1cnc[nH]1)C(=O)N[C@@H](CC(N)=O)C(=O)N1CCC[C@H]1C(=O)N[C@@H](CCCN=C(N)N)C(=O)O. The molecule has 0 unspecified atom stereocenters. The minimum Gasteiger partial charge on any atom is -0.480 e. The van der Waals surface area contributed by atoms with Crippen LogP contribution in [0.4, 0.5) is 0 Å². The Morgan fingerprint density at radius 1 is 0.526 bits per heavy atom. The molecular formula is C56H97N27O14. The summed E-state index contributed by atoms with van der Waals surface area (Å²) in [6, 6.07) is -14.2. The van der Waals surface area contributed by atoms with E-state index in [0.717, 1.165) is 4.90 Å². The number of carboxylic acids is 1. The molecule has 0 saturated carbocycles. The predicted octanol–water partition coefficient (Wildman–Crippen LogP) is -10.1. The number of likely N-dealkylation sites (tertiary alicyclic amines) is 2. The molecule has 41 heteroatoms. The summed E-state index contributed by atoms with van der Waals surface area (Å²) in [5.41, 5.74) is 61.1. The van der Waals surface area contributed by atoms with Gasteiger partial charge in [-0.2, -0.15) is 0 Å². The van der Waals surface area contributed by atoms with E-state index >= 15 is 0 Å². The summed E-state index contributed by atoms with van der Waals surface area (Å²) in [7, 11) is 0. The van der Waals surface area contributed by atoms with Crippen molar-refractivity contribution in [1.82, 2.24) is 62.3 Å². The van der Waals surface area contributed by atoms with Crippen LogP contribution in [-0.4, -0.2) is 232 Å². The van der Waals surface area contributed by atoms with Gasteiger partial charge in [0.15, 0.2) is 23.8 Å². The van der Waals surface area contributed by atoms with Gasteiger partial charge in [0.1, 0.15) is 54.4 Å². The lowest BCUT2D eigenvalue weighted by atomic mass is 10.0. The van der Waals surface area contributed by atoms with Crippen molar-refractivity contribution in [2.24, 2.45) is 89.0 Å². The molecule has 97 heavy (non-hydrogen) atoms. The number of hydrogen-bond acceptors (Lipinski definition) is 19. The van der Waals surface area contributed by atoms with E-state index in [-0.39, 0.29) is 152 Å². The predicted molar refractivity (Wildman–Crippen MR) is 351 cm³/mol. The number of carboxylic acid groups (broad SMARTS) is 1. The molecule has 2 fully saturated rings. The molecule has 12 amide bonds. The molecule has 0 spiro atoms. The number of aromatic nitrogens is 2. The third kappa shape index (κ3) is 29.3. The summed E-state index contributed by atoms with van der Waals surface area (Å²) in [6.45, 7) is 2.90. The Balaban J connectivity index is 1.93. The Kier molecular flexibility index (Phi) is 34.3. The van der Waals surface area contributed by atoms with Crippen molar-refractivity contribution >= 4 is 101 Å². The quantitative estimate of drug-likeness (QED) is 0.0164. The number of aliphatic imine (C=N–C) groups is 4. The molecule has 3 heterocycles. The van der Waals surface area contributed by atoms with Gasteiger partial charge < -0.3 is 125 Å². The Morgan fingerprint density at radius 3 is 1.37 bits per heavy atom. The summed E-state index contributed by atoms with van der Waals surface area (Å²) >= 11 is 0. The number of amides is 12. The Labute approximate surface area is 558 Å². The van der Waals surface area contributed by atoms with Crippen LogP contribution in [0.15, 0.2) is 32.5 Å². The molecule has 10 atom stereocenters. The highest BCUT2D eigenvalue weighted by atomic mass is 16.4. The lowest BCUT2D eigenvalue weighted by molar-refractivity contribution is -0.145. The highest BCUT2D eigenvalue weighted by molar-refractivity contribution is 6.00. The van der Waals surface area contributed by atoms with Crippen molar-refractivity contribution < 1.29 is 67.4 Å². The number of imidazole rings is 1. The number of hydrogen-bond donors (Lipinski definition) is 21. The third-order valence-electron chi connectivity index (χ3n) is 15.4. The summed E-state index contributed by atoms with van der Waals surface area (Å²) < 4.78 is 0. The van der Waals surface area contributed by atoms with E-state index in [1.807, 2.05) is 0 Å². The normalized spacial score (nSPS) is 16.5. The number of carbonyl (C=O) groups is 13. The second kappa shape index (κ2) is 41.2. The molecule has 0 aliphatic carbocycles. The number of aliphatic carboxylic acids is 1. The van der Waals surface area contributed by atoms with Crippen molar-refractivity contribution in [1.29, 1.82) is 0 Å². The summed E-state index contributed by atoms with van der Waals surface area (Å²) in [4.78, 5) is 202. The maximum Gasteiger partial charge on any atom is 0.326 e. The number of nitrogens with zero attached hydrogens (tertiary/aromatic N) is 7. The van der Waals surface area contributed by atoms with Crippen LogP contribution in [0.3, 0.4) is 0 Å². The largest absolute Gasteiger partial charge is 0.480 e. The topological polar surface area (TPSA) is 709 Å². The molecule has 2 saturated heterocycles. The van der Waals surface area contributed by atoms with Gasteiger partial charge in [-0.25, -0.2) is 9.78 Å². The summed E-state index contributed by atoms with van der Waals surface area (Å²) in [5, 5.41) is 30.1. The van der Waals surface area contributed by atoms with Crippen LogP contribution >= 0.6 is 0 Å². The summed E-state index contributed by atoms with van der Waals surface area (Å²) in [6.07, 6.45) is 1.13. The molecule has 1 aromatic heterocycles. The Bertz CT molecular complexity index is 3000. The Morgan fingerprint density at radius 2 is 0.928 bits per heavy atom. The number of primary amides is 2. The van der Waals surface area contributed by atoms with E-state index in [1.54, 1.807) is 13.8 Å². The van der Waals surface area contributed by atoms with E-state index < -0.39 is 163 Å². The molecule has 2 aliphatic heterocycles. The number of rotatable bonds is 43. The van der Waals surface area contributed by atoms with Crippen molar-refractivity contribution in [3.63, 3.8) is 0 Å². The summed E-state index contributed by atoms with van der Waals surface area (Å²) in [5.74, 6) is -13.5. The highest BCUT2D eigenvalue weighted by Crippen LogP contribution is 2.22. The second-order valence-electron chi connectivity index (χ2n) is 23.4. The molecule has 1 aromatic rings. The van der Waals surface area contributed by atoms with E-state index in [0.29, 0.717) is 6.42 Å². The van der Waals surface area contributed by atoms with Gasteiger partial charge in [-0.15, -0.1) is 0 Å². The zero-order chi connectivity index (χ0) is 72.5. The lowest BCUT2D eigenvalue weighted by Gasteiger charge is -2.30. The van der Waals surface area contributed by atoms with Gasteiger partial charge >= 0.3 is 5.97 Å². The smallest absolute Gasteiger partial charge is 0.326 e. The molecule has 0 bridgehead atoms. The molecule has 41 nitrogen and oxygen atoms in total. The van der Waals surface area contributed by atoms with Gasteiger partial charge in [-0.05, 0) is 89.4 Å². The van der Waals surface area contributed by atoms with Gasteiger partial charge in [0.25, 0.3) is 0 Å². The van der Waals surface area contributed by atoms with Crippen LogP contribution in [0.2, 0.25) is 0 Å². The van der Waals surface area contributed by atoms with E-state index in [9.17, 15) is 67.4 Å². The van der Waals surface area contributed by atoms with Crippen LogP contribution < -0.4 is 106 Å². The van der Waals surface area contributed by atoms with Crippen LogP contribution in [-0.2, 0) is 68.7 Å². The molecule has 3 rings (SSSR count). The van der Waals surface area contributed by atoms with Crippen LogP contribution in [0.1, 0.15) is 116 Å². The first-order valence-corrected chi connectivity index (χ1v) is 31.5. The van der Waals surface area contributed by atoms with E-state index in [4.69, 9.17) is 63.1 Å². The first kappa shape index (κ1) is 80.6. The number of nitrogens with two attached hydrogens (primary N) is 11. The van der Waals surface area contributed by atoms with Gasteiger partial charge in [0, 0.05) is 64.0 Å². The molecule has 540 valence electrons. The Hall–Kier alpha value is -10.6. The second-order valence-corrected chi connectivity index (χ2v) is 23.4. The number of H-pyrrole nitrogens is 1. The van der Waals surface area contributed by atoms with E-state index in [2.05, 4.69) is 72.5 Å². The molecule has 0 radical (unpaired) electrons. The van der Waals surface area contributed by atoms with Crippen molar-refractivity contribution in [2.75, 3.05) is 45.8 Å². The molecule has 32 N–H and O–H groups in total. The van der Waals surface area contributed by atoms with Crippen molar-refractivity contribution in [3.8, 4) is 0 Å². The lowest BCUT2D eigenvalue weighted by Crippen LogP contribution is -2.60. The number of guanidine groups is 4. The van der Waals surface area contributed by atoms with Gasteiger partial charge in [0.05, 0.1) is 25.3 Å². The first-order valence-electron chi connectivity index (χ1n) is 31.5. The van der Waals surface area contributed by atoms with Crippen LogP contribution in [0, 0.1) is 5.92 Å². The van der Waals surface area contributed by atoms with Crippen LogP contribution in [0.5, 0.6) is 0 Å². The molecular weight excluding hydrogens is 1270 g/mol. The van der Waals surface area contributed by atoms with Gasteiger partial charge in [-0.3, -0.25) is 77.5 Å². The first-order chi connectivity index (χ1) is 45.8. The average Bonchev–Trinajstić information content (AvgIpc) is 1.74. The molecule has 2 aliphatic rings. The average molecular weight is 1370 g/mol. The van der Waals surface area contributed by atoms with Crippen molar-refractivity contribution in [2.45, 2.75) is 177 Å². The molecule has 0 aromatic carbocycles. The fraction of sp³-hybridized carbons (Fsp3) is 0.643. The standard InChI is InChI=1S/C56H97N27O14/c1-28(2)42(59)50(94)78-30(9-3-17-69-53(60)61)43(87)73-26-41(86)82-21-7-13-37(82)48(92)77-32(11-5-19-71-55(64)65)45(89)75-31(10-4-18-70-54(62)63)44(88)76-33(15-16-39(57)84)46(90)80-35(23-29-25-68-27-74-29)47(91)81-36(24-40(58)85)51(95)83-22-8-14-38(83)49(93)79-34(52(96)97)12-6-20-72-56(66)67/h25,27-28,30-38,42H,3-24,26,59H2,1-2H3,(H2,57,84)(H2,58,85)(H,68,74)(H,73,87)(H,75,89)(H,76,88)(H,77,92)(H,78,94)(H,79,93)(H,80,90)(H,81,91)(H,96,97)(H4,60,61,69)(H4,62,63,70)(H4,64,65,71)(H4,66,67,72)/t30-,31-,32-,33-,34-,35-,36-,37-,38-,42-/m0/s1. The third-order valence-corrected chi connectivity index (χ3v) is 15.4.